The first-order valence-corrected chi connectivity index (χ1v) is 5.29. The van der Waals surface area contributed by atoms with Gasteiger partial charge in [0.05, 0.1) is 5.92 Å². The summed E-state index contributed by atoms with van der Waals surface area (Å²) in [6.45, 7) is 2.02. The molecule has 1 fully saturated rings. The molecule has 0 spiro atoms. The Morgan fingerprint density at radius 1 is 1.53 bits per heavy atom. The smallest absolute Gasteiger partial charge is 0.308 e. The number of carboxylic acid groups (broad SMARTS) is 1. The molecule has 1 saturated carbocycles. The summed E-state index contributed by atoms with van der Waals surface area (Å²) in [5, 5.41) is 11.7. The van der Waals surface area contributed by atoms with E-state index in [4.69, 9.17) is 10.8 Å². The van der Waals surface area contributed by atoms with Crippen LogP contribution in [0.4, 0.5) is 0 Å². The fraction of sp³-hybridized carbons (Fsp3) is 0.800. The van der Waals surface area contributed by atoms with Crippen molar-refractivity contribution in [2.45, 2.75) is 32.2 Å². The first kappa shape index (κ1) is 12.0. The van der Waals surface area contributed by atoms with Crippen molar-refractivity contribution in [1.82, 2.24) is 5.32 Å². The lowest BCUT2D eigenvalue weighted by molar-refractivity contribution is -0.142. The molecule has 3 atom stereocenters. The molecule has 0 aromatic carbocycles. The lowest BCUT2D eigenvalue weighted by Gasteiger charge is -2.19. The van der Waals surface area contributed by atoms with E-state index in [9.17, 15) is 9.59 Å². The van der Waals surface area contributed by atoms with E-state index in [1.165, 1.54) is 0 Å². The Kier molecular flexibility index (Phi) is 4.08. The van der Waals surface area contributed by atoms with Gasteiger partial charge in [0.25, 0.3) is 0 Å². The third-order valence-corrected chi connectivity index (χ3v) is 2.96. The van der Waals surface area contributed by atoms with Crippen LogP contribution in [0.1, 0.15) is 26.2 Å². The average molecular weight is 214 g/mol. The van der Waals surface area contributed by atoms with Crippen LogP contribution < -0.4 is 11.1 Å². The molecule has 86 valence electrons. The Labute approximate surface area is 89.0 Å². The second-order valence-electron chi connectivity index (χ2n) is 4.13. The first-order valence-electron chi connectivity index (χ1n) is 5.29. The molecule has 1 rings (SSSR count). The Bertz CT molecular complexity index is 255. The molecule has 3 unspecified atom stereocenters. The molecule has 0 radical (unpaired) electrons. The van der Waals surface area contributed by atoms with Gasteiger partial charge in [-0.1, -0.05) is 13.3 Å². The van der Waals surface area contributed by atoms with Gasteiger partial charge in [0.2, 0.25) is 5.91 Å². The molecule has 1 amide bonds. The maximum absolute atomic E-state index is 11.5. The van der Waals surface area contributed by atoms with E-state index in [0.29, 0.717) is 6.42 Å². The highest BCUT2D eigenvalue weighted by atomic mass is 16.4. The van der Waals surface area contributed by atoms with Crippen molar-refractivity contribution in [3.63, 3.8) is 0 Å². The molecular formula is C10H18N2O3. The quantitative estimate of drug-likeness (QED) is 0.611. The van der Waals surface area contributed by atoms with Crippen LogP contribution in [0.2, 0.25) is 0 Å². The molecule has 1 aliphatic carbocycles. The van der Waals surface area contributed by atoms with E-state index < -0.39 is 11.9 Å². The summed E-state index contributed by atoms with van der Waals surface area (Å²) in [4.78, 5) is 22.4. The summed E-state index contributed by atoms with van der Waals surface area (Å²) in [5.74, 6) is -1.65. The minimum absolute atomic E-state index is 0.143. The fourth-order valence-corrected chi connectivity index (χ4v) is 1.86. The van der Waals surface area contributed by atoms with Crippen LogP contribution in [0.5, 0.6) is 0 Å². The predicted molar refractivity (Wildman–Crippen MR) is 55.1 cm³/mol. The van der Waals surface area contributed by atoms with Crippen molar-refractivity contribution in [1.29, 1.82) is 0 Å². The standard InChI is InChI=1S/C10H18N2O3/c1-6(5-11)9(13)12-8-4-2-3-7(8)10(14)15/h6-8H,2-5,11H2,1H3,(H,12,13)(H,14,15). The molecule has 0 aromatic rings. The van der Waals surface area contributed by atoms with Gasteiger partial charge in [0.1, 0.15) is 0 Å². The number of hydrogen-bond donors (Lipinski definition) is 3. The molecule has 0 aromatic heterocycles. The summed E-state index contributed by atoms with van der Waals surface area (Å²) in [5.41, 5.74) is 5.36. The minimum Gasteiger partial charge on any atom is -0.481 e. The largest absolute Gasteiger partial charge is 0.481 e. The number of amides is 1. The molecule has 5 nitrogen and oxygen atoms in total. The number of rotatable bonds is 4. The number of hydrogen-bond acceptors (Lipinski definition) is 3. The molecule has 0 heterocycles. The molecule has 0 saturated heterocycles. The second-order valence-corrected chi connectivity index (χ2v) is 4.13. The Morgan fingerprint density at radius 2 is 2.20 bits per heavy atom. The van der Waals surface area contributed by atoms with E-state index in [2.05, 4.69) is 5.32 Å². The predicted octanol–water partition coefficient (Wildman–Crippen LogP) is -0.0493. The van der Waals surface area contributed by atoms with Gasteiger partial charge < -0.3 is 16.2 Å². The SMILES string of the molecule is CC(CN)C(=O)NC1CCCC1C(=O)O. The molecule has 5 heteroatoms. The van der Waals surface area contributed by atoms with E-state index in [1.807, 2.05) is 0 Å². The number of nitrogens with one attached hydrogen (secondary N) is 1. The summed E-state index contributed by atoms with van der Waals surface area (Å²) >= 11 is 0. The molecule has 4 N–H and O–H groups in total. The molecule has 1 aliphatic rings. The number of carbonyl (C=O) groups is 2. The number of aliphatic carboxylic acids is 1. The highest BCUT2D eigenvalue weighted by molar-refractivity contribution is 5.80. The van der Waals surface area contributed by atoms with Crippen molar-refractivity contribution in [3.05, 3.63) is 0 Å². The monoisotopic (exact) mass is 214 g/mol. The summed E-state index contributed by atoms with van der Waals surface area (Å²) in [6, 6.07) is -0.219. The number of carboxylic acids is 1. The van der Waals surface area contributed by atoms with Gasteiger partial charge in [0, 0.05) is 18.5 Å². The maximum Gasteiger partial charge on any atom is 0.308 e. The highest BCUT2D eigenvalue weighted by Crippen LogP contribution is 2.25. The third kappa shape index (κ3) is 2.92. The Morgan fingerprint density at radius 3 is 2.73 bits per heavy atom. The van der Waals surface area contributed by atoms with Crippen LogP contribution in [0.3, 0.4) is 0 Å². The lowest BCUT2D eigenvalue weighted by atomic mass is 10.0. The normalized spacial score (nSPS) is 27.3. The van der Waals surface area contributed by atoms with Crippen molar-refractivity contribution in [3.8, 4) is 0 Å². The van der Waals surface area contributed by atoms with Gasteiger partial charge >= 0.3 is 5.97 Å². The van der Waals surface area contributed by atoms with Gasteiger partial charge in [-0.2, -0.15) is 0 Å². The van der Waals surface area contributed by atoms with Gasteiger partial charge in [-0.05, 0) is 12.8 Å². The number of nitrogens with two attached hydrogens (primary N) is 1. The molecule has 0 aliphatic heterocycles. The first-order chi connectivity index (χ1) is 7.06. The van der Waals surface area contributed by atoms with Gasteiger partial charge in [0.15, 0.2) is 0 Å². The van der Waals surface area contributed by atoms with Crippen molar-refractivity contribution in [2.24, 2.45) is 17.6 Å². The van der Waals surface area contributed by atoms with Gasteiger partial charge in [-0.3, -0.25) is 9.59 Å². The zero-order valence-corrected chi connectivity index (χ0v) is 8.90. The zero-order chi connectivity index (χ0) is 11.4. The van der Waals surface area contributed by atoms with Crippen LogP contribution in [0.15, 0.2) is 0 Å². The van der Waals surface area contributed by atoms with Gasteiger partial charge in [-0.15, -0.1) is 0 Å². The highest BCUT2D eigenvalue weighted by Gasteiger charge is 2.34. The van der Waals surface area contributed by atoms with Gasteiger partial charge in [-0.25, -0.2) is 0 Å². The second kappa shape index (κ2) is 5.11. The van der Waals surface area contributed by atoms with Crippen LogP contribution >= 0.6 is 0 Å². The Balaban J connectivity index is 2.50. The fourth-order valence-electron chi connectivity index (χ4n) is 1.86. The van der Waals surface area contributed by atoms with E-state index in [-0.39, 0.29) is 24.4 Å². The summed E-state index contributed by atoms with van der Waals surface area (Å²) in [6.07, 6.45) is 2.26. The van der Waals surface area contributed by atoms with E-state index in [1.54, 1.807) is 6.92 Å². The van der Waals surface area contributed by atoms with Crippen LogP contribution in [-0.4, -0.2) is 29.6 Å². The summed E-state index contributed by atoms with van der Waals surface area (Å²) < 4.78 is 0. The molecule has 0 bridgehead atoms. The Hall–Kier alpha value is -1.10. The lowest BCUT2D eigenvalue weighted by Crippen LogP contribution is -2.43. The zero-order valence-electron chi connectivity index (χ0n) is 8.90. The average Bonchev–Trinajstić information content (AvgIpc) is 2.64. The minimum atomic E-state index is -0.821. The molecule has 15 heavy (non-hydrogen) atoms. The summed E-state index contributed by atoms with van der Waals surface area (Å²) in [7, 11) is 0. The van der Waals surface area contributed by atoms with Crippen LogP contribution in [0, 0.1) is 11.8 Å². The number of carbonyl (C=O) groups excluding carboxylic acids is 1. The van der Waals surface area contributed by atoms with E-state index >= 15 is 0 Å². The van der Waals surface area contributed by atoms with Crippen molar-refractivity contribution < 1.29 is 14.7 Å². The van der Waals surface area contributed by atoms with Crippen molar-refractivity contribution >= 4 is 11.9 Å². The van der Waals surface area contributed by atoms with Crippen LogP contribution in [0.25, 0.3) is 0 Å². The maximum atomic E-state index is 11.5. The van der Waals surface area contributed by atoms with Crippen molar-refractivity contribution in [2.75, 3.05) is 6.54 Å². The topological polar surface area (TPSA) is 92.4 Å². The molecular weight excluding hydrogens is 196 g/mol. The van der Waals surface area contributed by atoms with Crippen LogP contribution in [-0.2, 0) is 9.59 Å². The third-order valence-electron chi connectivity index (χ3n) is 2.96. The van der Waals surface area contributed by atoms with E-state index in [0.717, 1.165) is 12.8 Å².